The van der Waals surface area contributed by atoms with Gasteiger partial charge in [0.2, 0.25) is 0 Å². The van der Waals surface area contributed by atoms with Gasteiger partial charge in [-0.25, -0.2) is 0 Å². The normalized spacial score (nSPS) is 17.3. The van der Waals surface area contributed by atoms with E-state index in [0.29, 0.717) is 12.1 Å². The summed E-state index contributed by atoms with van der Waals surface area (Å²) >= 11 is 0. The molecule has 1 fully saturated rings. The molecule has 0 bridgehead atoms. The molecular formula is C23H42IN5. The summed E-state index contributed by atoms with van der Waals surface area (Å²) in [5.74, 6) is 1.71. The fraction of sp³-hybridized carbons (Fsp3) is 0.696. The SMILES string of the molecule is CCNC(=NCC(C)N(C)Cc1ccccc1)NC1CCN(CC(C)C)CC1.I. The van der Waals surface area contributed by atoms with Gasteiger partial charge in [0.25, 0.3) is 0 Å². The van der Waals surface area contributed by atoms with Crippen LogP contribution < -0.4 is 10.6 Å². The standard InChI is InChI=1S/C23H41N5.HI/c1-6-24-23(26-22-12-14-28(15-13-22)17-19(2)3)25-16-20(4)27(5)18-21-10-8-7-9-11-21;/h7-11,19-20,22H,6,12-18H2,1-5H3,(H2,24,25,26);1H. The molecule has 1 saturated heterocycles. The van der Waals surface area contributed by atoms with Crippen molar-refractivity contribution in [3.8, 4) is 0 Å². The fourth-order valence-corrected chi connectivity index (χ4v) is 3.68. The lowest BCUT2D eigenvalue weighted by atomic mass is 10.0. The average molecular weight is 516 g/mol. The minimum Gasteiger partial charge on any atom is -0.357 e. The summed E-state index contributed by atoms with van der Waals surface area (Å²) < 4.78 is 0. The molecule has 1 aromatic rings. The van der Waals surface area contributed by atoms with Crippen molar-refractivity contribution in [1.29, 1.82) is 0 Å². The molecule has 0 aromatic heterocycles. The van der Waals surface area contributed by atoms with Crippen molar-refractivity contribution in [1.82, 2.24) is 20.4 Å². The Morgan fingerprint density at radius 3 is 2.41 bits per heavy atom. The topological polar surface area (TPSA) is 42.9 Å². The maximum absolute atomic E-state index is 4.88. The van der Waals surface area contributed by atoms with E-state index >= 15 is 0 Å². The van der Waals surface area contributed by atoms with Gasteiger partial charge in [-0.05, 0) is 45.2 Å². The lowest BCUT2D eigenvalue weighted by Gasteiger charge is -2.34. The highest BCUT2D eigenvalue weighted by atomic mass is 127. The van der Waals surface area contributed by atoms with Crippen LogP contribution in [-0.2, 0) is 6.54 Å². The number of benzene rings is 1. The molecule has 0 radical (unpaired) electrons. The molecule has 0 spiro atoms. The number of guanidine groups is 1. The van der Waals surface area contributed by atoms with Gasteiger partial charge in [0.15, 0.2) is 5.96 Å². The van der Waals surface area contributed by atoms with Crippen LogP contribution in [0.15, 0.2) is 35.3 Å². The van der Waals surface area contributed by atoms with Gasteiger partial charge in [0.05, 0.1) is 6.54 Å². The highest BCUT2D eigenvalue weighted by molar-refractivity contribution is 14.0. The van der Waals surface area contributed by atoms with Crippen LogP contribution in [0.2, 0.25) is 0 Å². The Labute approximate surface area is 195 Å². The summed E-state index contributed by atoms with van der Waals surface area (Å²) in [6, 6.07) is 11.6. The number of halogens is 1. The number of nitrogens with zero attached hydrogens (tertiary/aromatic N) is 3. The molecule has 1 atom stereocenters. The summed E-state index contributed by atoms with van der Waals surface area (Å²) in [5.41, 5.74) is 1.35. The Hall–Kier alpha value is -0.860. The van der Waals surface area contributed by atoms with E-state index in [9.17, 15) is 0 Å². The van der Waals surface area contributed by atoms with Crippen molar-refractivity contribution in [2.75, 3.05) is 39.8 Å². The zero-order valence-electron chi connectivity index (χ0n) is 19.0. The number of aliphatic imine (C=N–C) groups is 1. The first-order valence-corrected chi connectivity index (χ1v) is 11.0. The van der Waals surface area contributed by atoms with E-state index in [2.05, 4.69) is 85.5 Å². The Balaban J connectivity index is 0.00000420. The molecule has 166 valence electrons. The van der Waals surface area contributed by atoms with E-state index in [1.165, 1.54) is 38.0 Å². The predicted octanol–water partition coefficient (Wildman–Crippen LogP) is 3.80. The van der Waals surface area contributed by atoms with E-state index in [1.54, 1.807) is 0 Å². The molecule has 1 heterocycles. The predicted molar refractivity (Wildman–Crippen MR) is 136 cm³/mol. The molecule has 29 heavy (non-hydrogen) atoms. The highest BCUT2D eigenvalue weighted by Crippen LogP contribution is 2.12. The zero-order valence-corrected chi connectivity index (χ0v) is 21.4. The fourth-order valence-electron chi connectivity index (χ4n) is 3.68. The average Bonchev–Trinajstić information content (AvgIpc) is 2.68. The molecule has 0 saturated carbocycles. The van der Waals surface area contributed by atoms with E-state index < -0.39 is 0 Å². The Morgan fingerprint density at radius 2 is 1.83 bits per heavy atom. The van der Waals surface area contributed by atoms with Crippen LogP contribution >= 0.6 is 24.0 Å². The first-order chi connectivity index (χ1) is 13.5. The van der Waals surface area contributed by atoms with E-state index in [0.717, 1.165) is 31.5 Å². The zero-order chi connectivity index (χ0) is 20.4. The number of hydrogen-bond acceptors (Lipinski definition) is 3. The second kappa shape index (κ2) is 14.2. The number of nitrogens with one attached hydrogen (secondary N) is 2. The van der Waals surface area contributed by atoms with E-state index in [4.69, 9.17) is 4.99 Å². The van der Waals surface area contributed by atoms with Gasteiger partial charge in [-0.1, -0.05) is 44.2 Å². The number of hydrogen-bond donors (Lipinski definition) is 2. The molecule has 1 aliphatic heterocycles. The van der Waals surface area contributed by atoms with Crippen molar-refractivity contribution in [3.63, 3.8) is 0 Å². The van der Waals surface area contributed by atoms with Crippen LogP contribution in [0, 0.1) is 5.92 Å². The molecular weight excluding hydrogens is 473 g/mol. The molecule has 0 amide bonds. The second-order valence-electron chi connectivity index (χ2n) is 8.58. The summed E-state index contributed by atoms with van der Waals surface area (Å²) in [4.78, 5) is 9.84. The summed E-state index contributed by atoms with van der Waals surface area (Å²) in [6.45, 7) is 15.2. The minimum atomic E-state index is 0. The first kappa shape index (κ1) is 26.2. The molecule has 1 aliphatic rings. The molecule has 2 rings (SSSR count). The highest BCUT2D eigenvalue weighted by Gasteiger charge is 2.20. The lowest BCUT2D eigenvalue weighted by molar-refractivity contribution is 0.186. The molecule has 1 unspecified atom stereocenters. The third kappa shape index (κ3) is 10.1. The van der Waals surface area contributed by atoms with Gasteiger partial charge in [0.1, 0.15) is 0 Å². The van der Waals surface area contributed by atoms with Gasteiger partial charge in [0, 0.05) is 44.8 Å². The van der Waals surface area contributed by atoms with E-state index in [-0.39, 0.29) is 24.0 Å². The Morgan fingerprint density at radius 1 is 1.17 bits per heavy atom. The quantitative estimate of drug-likeness (QED) is 0.298. The number of likely N-dealkylation sites (N-methyl/N-ethyl adjacent to an activating group) is 1. The summed E-state index contributed by atoms with van der Waals surface area (Å²) in [7, 11) is 2.18. The minimum absolute atomic E-state index is 0. The van der Waals surface area contributed by atoms with Crippen LogP contribution in [-0.4, -0.2) is 67.6 Å². The van der Waals surface area contributed by atoms with Crippen molar-refractivity contribution in [3.05, 3.63) is 35.9 Å². The van der Waals surface area contributed by atoms with Crippen LogP contribution in [0.1, 0.15) is 46.1 Å². The number of rotatable bonds is 9. The molecule has 5 nitrogen and oxygen atoms in total. The third-order valence-electron chi connectivity index (χ3n) is 5.44. The molecule has 1 aromatic carbocycles. The van der Waals surface area contributed by atoms with Gasteiger partial charge < -0.3 is 15.5 Å². The Bertz CT molecular complexity index is 570. The second-order valence-corrected chi connectivity index (χ2v) is 8.58. The van der Waals surface area contributed by atoms with Crippen molar-refractivity contribution >= 4 is 29.9 Å². The molecule has 0 aliphatic carbocycles. The van der Waals surface area contributed by atoms with Gasteiger partial charge in [-0.15, -0.1) is 24.0 Å². The molecule has 6 heteroatoms. The van der Waals surface area contributed by atoms with Crippen LogP contribution in [0.25, 0.3) is 0 Å². The monoisotopic (exact) mass is 515 g/mol. The van der Waals surface area contributed by atoms with Crippen molar-refractivity contribution in [2.24, 2.45) is 10.9 Å². The summed E-state index contributed by atoms with van der Waals surface area (Å²) in [5, 5.41) is 7.09. The maximum atomic E-state index is 4.88. The smallest absolute Gasteiger partial charge is 0.191 e. The third-order valence-corrected chi connectivity index (χ3v) is 5.44. The van der Waals surface area contributed by atoms with Crippen LogP contribution in [0.4, 0.5) is 0 Å². The number of likely N-dealkylation sites (tertiary alicyclic amines) is 1. The van der Waals surface area contributed by atoms with Crippen molar-refractivity contribution in [2.45, 2.75) is 59.2 Å². The van der Waals surface area contributed by atoms with Gasteiger partial charge in [-0.3, -0.25) is 9.89 Å². The molecule has 2 N–H and O–H groups in total. The maximum Gasteiger partial charge on any atom is 0.191 e. The van der Waals surface area contributed by atoms with Crippen LogP contribution in [0.3, 0.4) is 0 Å². The number of piperidine rings is 1. The van der Waals surface area contributed by atoms with E-state index in [1.807, 2.05) is 0 Å². The van der Waals surface area contributed by atoms with Gasteiger partial charge in [-0.2, -0.15) is 0 Å². The lowest BCUT2D eigenvalue weighted by Crippen LogP contribution is -2.49. The summed E-state index contributed by atoms with van der Waals surface area (Å²) in [6.07, 6.45) is 2.39. The first-order valence-electron chi connectivity index (χ1n) is 11.0. The Kier molecular flexibility index (Phi) is 12.8. The van der Waals surface area contributed by atoms with Crippen LogP contribution in [0.5, 0.6) is 0 Å². The largest absolute Gasteiger partial charge is 0.357 e. The van der Waals surface area contributed by atoms with Crippen molar-refractivity contribution < 1.29 is 0 Å². The van der Waals surface area contributed by atoms with Gasteiger partial charge >= 0.3 is 0 Å².